The van der Waals surface area contributed by atoms with Gasteiger partial charge in [-0.2, -0.15) is 0 Å². The molecule has 0 saturated heterocycles. The SMILES string of the molecule is COc1cccnc1-c1ccc(C(C)N)c(Cl)c1. The molecule has 2 N–H and O–H groups in total. The Hall–Kier alpha value is -1.58. The summed E-state index contributed by atoms with van der Waals surface area (Å²) in [6, 6.07) is 9.37. The van der Waals surface area contributed by atoms with Crippen LogP contribution in [0, 0.1) is 0 Å². The lowest BCUT2D eigenvalue weighted by atomic mass is 10.0. The van der Waals surface area contributed by atoms with Crippen molar-refractivity contribution in [3.8, 4) is 17.0 Å². The van der Waals surface area contributed by atoms with Gasteiger partial charge < -0.3 is 10.5 Å². The van der Waals surface area contributed by atoms with Crippen LogP contribution in [-0.2, 0) is 0 Å². The Kier molecular flexibility index (Phi) is 3.84. The van der Waals surface area contributed by atoms with E-state index in [1.165, 1.54) is 0 Å². The summed E-state index contributed by atoms with van der Waals surface area (Å²) in [6.45, 7) is 1.90. The number of aromatic nitrogens is 1. The molecule has 1 atom stereocenters. The van der Waals surface area contributed by atoms with Crippen molar-refractivity contribution >= 4 is 11.6 Å². The monoisotopic (exact) mass is 262 g/mol. The summed E-state index contributed by atoms with van der Waals surface area (Å²) in [6.07, 6.45) is 1.73. The maximum absolute atomic E-state index is 6.22. The van der Waals surface area contributed by atoms with Crippen molar-refractivity contribution in [2.45, 2.75) is 13.0 Å². The van der Waals surface area contributed by atoms with Gasteiger partial charge in [0.1, 0.15) is 11.4 Å². The number of ether oxygens (including phenoxy) is 1. The van der Waals surface area contributed by atoms with Crippen molar-refractivity contribution in [3.05, 3.63) is 47.1 Å². The number of hydrogen-bond donors (Lipinski definition) is 1. The van der Waals surface area contributed by atoms with Gasteiger partial charge in [-0.15, -0.1) is 0 Å². The van der Waals surface area contributed by atoms with E-state index in [1.807, 2.05) is 37.3 Å². The highest BCUT2D eigenvalue weighted by Crippen LogP contribution is 2.31. The first kappa shape index (κ1) is 12.9. The van der Waals surface area contributed by atoms with Crippen LogP contribution in [0.2, 0.25) is 5.02 Å². The molecular weight excluding hydrogens is 248 g/mol. The second-order valence-electron chi connectivity index (χ2n) is 4.08. The molecule has 2 rings (SSSR count). The lowest BCUT2D eigenvalue weighted by molar-refractivity contribution is 0.415. The average Bonchev–Trinajstić information content (AvgIpc) is 2.38. The van der Waals surface area contributed by atoms with Gasteiger partial charge in [-0.25, -0.2) is 0 Å². The third kappa shape index (κ3) is 2.47. The Balaban J connectivity index is 2.49. The molecule has 1 heterocycles. The van der Waals surface area contributed by atoms with Gasteiger partial charge in [0.05, 0.1) is 7.11 Å². The van der Waals surface area contributed by atoms with E-state index < -0.39 is 0 Å². The largest absolute Gasteiger partial charge is 0.494 e. The molecule has 18 heavy (non-hydrogen) atoms. The molecule has 0 aliphatic heterocycles. The highest BCUT2D eigenvalue weighted by Gasteiger charge is 2.10. The minimum atomic E-state index is -0.0859. The first-order valence-corrected chi connectivity index (χ1v) is 6.05. The number of nitrogens with zero attached hydrogens (tertiary/aromatic N) is 1. The van der Waals surface area contributed by atoms with Gasteiger partial charge in [0.15, 0.2) is 0 Å². The van der Waals surface area contributed by atoms with Gasteiger partial charge in [-0.1, -0.05) is 23.7 Å². The van der Waals surface area contributed by atoms with E-state index in [4.69, 9.17) is 22.1 Å². The Bertz CT molecular complexity index is 555. The minimum Gasteiger partial charge on any atom is -0.494 e. The molecule has 2 aromatic rings. The summed E-state index contributed by atoms with van der Waals surface area (Å²) < 4.78 is 5.29. The van der Waals surface area contributed by atoms with Crippen LogP contribution >= 0.6 is 11.6 Å². The lowest BCUT2D eigenvalue weighted by Gasteiger charge is -2.11. The fourth-order valence-electron chi connectivity index (χ4n) is 1.82. The summed E-state index contributed by atoms with van der Waals surface area (Å²) in [5, 5.41) is 0.648. The molecule has 0 spiro atoms. The van der Waals surface area contributed by atoms with E-state index in [1.54, 1.807) is 13.3 Å². The van der Waals surface area contributed by atoms with E-state index in [0.717, 1.165) is 22.6 Å². The van der Waals surface area contributed by atoms with Crippen LogP contribution in [-0.4, -0.2) is 12.1 Å². The normalized spacial score (nSPS) is 12.2. The van der Waals surface area contributed by atoms with Crippen molar-refractivity contribution in [2.75, 3.05) is 7.11 Å². The molecule has 0 amide bonds. The topological polar surface area (TPSA) is 48.1 Å². The number of benzene rings is 1. The summed E-state index contributed by atoms with van der Waals surface area (Å²) in [5.41, 5.74) is 8.46. The van der Waals surface area contributed by atoms with Crippen LogP contribution in [0.25, 0.3) is 11.3 Å². The van der Waals surface area contributed by atoms with Crippen molar-refractivity contribution in [1.82, 2.24) is 4.98 Å². The quantitative estimate of drug-likeness (QED) is 0.922. The van der Waals surface area contributed by atoms with E-state index in [0.29, 0.717) is 5.02 Å². The molecule has 0 saturated carbocycles. The van der Waals surface area contributed by atoms with Crippen LogP contribution in [0.15, 0.2) is 36.5 Å². The third-order valence-electron chi connectivity index (χ3n) is 2.76. The van der Waals surface area contributed by atoms with Gasteiger partial charge >= 0.3 is 0 Å². The summed E-state index contributed by atoms with van der Waals surface area (Å²) >= 11 is 6.22. The molecule has 0 bridgehead atoms. The summed E-state index contributed by atoms with van der Waals surface area (Å²) in [7, 11) is 1.62. The fraction of sp³-hybridized carbons (Fsp3) is 0.214. The second kappa shape index (κ2) is 5.38. The molecule has 0 aliphatic rings. The van der Waals surface area contributed by atoms with Crippen LogP contribution in [0.3, 0.4) is 0 Å². The number of nitrogens with two attached hydrogens (primary N) is 1. The highest BCUT2D eigenvalue weighted by atomic mass is 35.5. The number of hydrogen-bond acceptors (Lipinski definition) is 3. The molecule has 1 aromatic heterocycles. The van der Waals surface area contributed by atoms with E-state index in [9.17, 15) is 0 Å². The molecule has 0 fully saturated rings. The lowest BCUT2D eigenvalue weighted by Crippen LogP contribution is -2.05. The first-order chi connectivity index (χ1) is 8.63. The maximum atomic E-state index is 6.22. The number of pyridine rings is 1. The molecule has 1 aromatic carbocycles. The van der Waals surface area contributed by atoms with Crippen molar-refractivity contribution in [1.29, 1.82) is 0 Å². The molecule has 3 nitrogen and oxygen atoms in total. The zero-order valence-corrected chi connectivity index (χ0v) is 11.1. The highest BCUT2D eigenvalue weighted by molar-refractivity contribution is 6.31. The van der Waals surface area contributed by atoms with Crippen molar-refractivity contribution < 1.29 is 4.74 Å². The van der Waals surface area contributed by atoms with Gasteiger partial charge in [0.25, 0.3) is 0 Å². The molecule has 0 aliphatic carbocycles. The maximum Gasteiger partial charge on any atom is 0.145 e. The standard InChI is InChI=1S/C14H15ClN2O/c1-9(16)11-6-5-10(8-12(11)15)14-13(18-2)4-3-7-17-14/h3-9H,16H2,1-2H3. The predicted molar refractivity (Wildman–Crippen MR) is 73.8 cm³/mol. The Labute approximate surface area is 112 Å². The number of rotatable bonds is 3. The zero-order valence-electron chi connectivity index (χ0n) is 10.4. The van der Waals surface area contributed by atoms with Crippen LogP contribution in [0.1, 0.15) is 18.5 Å². The Morgan fingerprint density at radius 2 is 2.11 bits per heavy atom. The van der Waals surface area contributed by atoms with Crippen molar-refractivity contribution in [2.24, 2.45) is 5.73 Å². The van der Waals surface area contributed by atoms with Gasteiger partial charge in [0, 0.05) is 22.8 Å². The summed E-state index contributed by atoms with van der Waals surface area (Å²) in [4.78, 5) is 4.32. The minimum absolute atomic E-state index is 0.0859. The van der Waals surface area contributed by atoms with E-state index in [-0.39, 0.29) is 6.04 Å². The molecule has 0 radical (unpaired) electrons. The zero-order chi connectivity index (χ0) is 13.1. The Morgan fingerprint density at radius 3 is 2.72 bits per heavy atom. The first-order valence-electron chi connectivity index (χ1n) is 5.68. The van der Waals surface area contributed by atoms with Crippen LogP contribution in [0.4, 0.5) is 0 Å². The van der Waals surface area contributed by atoms with Crippen molar-refractivity contribution in [3.63, 3.8) is 0 Å². The summed E-state index contributed by atoms with van der Waals surface area (Å²) in [5.74, 6) is 0.724. The number of methoxy groups -OCH3 is 1. The fourth-order valence-corrected chi connectivity index (χ4v) is 2.17. The van der Waals surface area contributed by atoms with Gasteiger partial charge in [0.2, 0.25) is 0 Å². The van der Waals surface area contributed by atoms with E-state index >= 15 is 0 Å². The second-order valence-corrected chi connectivity index (χ2v) is 4.49. The Morgan fingerprint density at radius 1 is 1.33 bits per heavy atom. The predicted octanol–water partition coefficient (Wildman–Crippen LogP) is 3.43. The third-order valence-corrected chi connectivity index (χ3v) is 3.08. The van der Waals surface area contributed by atoms with Gasteiger partial charge in [-0.3, -0.25) is 4.98 Å². The van der Waals surface area contributed by atoms with E-state index in [2.05, 4.69) is 4.98 Å². The smallest absolute Gasteiger partial charge is 0.145 e. The van der Waals surface area contributed by atoms with Crippen LogP contribution < -0.4 is 10.5 Å². The molecule has 4 heteroatoms. The van der Waals surface area contributed by atoms with Gasteiger partial charge in [-0.05, 0) is 30.7 Å². The number of halogens is 1. The average molecular weight is 263 g/mol. The molecule has 1 unspecified atom stereocenters. The van der Waals surface area contributed by atoms with Crippen LogP contribution in [0.5, 0.6) is 5.75 Å². The molecule has 94 valence electrons. The molecular formula is C14H15ClN2O.